The highest BCUT2D eigenvalue weighted by atomic mass is 16.5. The molecule has 1 N–H and O–H groups in total. The average molecular weight is 273 g/mol. The van der Waals surface area contributed by atoms with Crippen LogP contribution in [0.3, 0.4) is 0 Å². The van der Waals surface area contributed by atoms with Crippen molar-refractivity contribution in [1.29, 1.82) is 0 Å². The van der Waals surface area contributed by atoms with E-state index in [1.54, 1.807) is 0 Å². The van der Waals surface area contributed by atoms with Crippen LogP contribution in [0.25, 0.3) is 0 Å². The number of nitrogens with zero attached hydrogens (tertiary/aromatic N) is 2. The lowest BCUT2D eigenvalue weighted by Gasteiger charge is -2.14. The molecule has 0 spiro atoms. The lowest BCUT2D eigenvalue weighted by Crippen LogP contribution is -2.18. The highest BCUT2D eigenvalue weighted by Crippen LogP contribution is 2.17. The molecule has 2 rings (SSSR count). The Bertz CT molecular complexity index is 545. The van der Waals surface area contributed by atoms with Crippen LogP contribution in [-0.2, 0) is 13.6 Å². The number of rotatable bonds is 6. The summed E-state index contributed by atoms with van der Waals surface area (Å²) in [5.74, 6) is 0.924. The van der Waals surface area contributed by atoms with E-state index in [1.807, 2.05) is 37.0 Å². The Morgan fingerprint density at radius 3 is 2.55 bits per heavy atom. The third-order valence-corrected chi connectivity index (χ3v) is 3.59. The highest BCUT2D eigenvalue weighted by Gasteiger charge is 2.11. The standard InChI is InChI=1S/C16H23N3O/c1-5-20-15-8-6-14(7-9-15)10-17-12(2)16-11-18-19(4)13(16)3/h6-9,11-12,17H,5,10H2,1-4H3. The first-order chi connectivity index (χ1) is 9.61. The molecule has 1 aromatic carbocycles. The first-order valence-electron chi connectivity index (χ1n) is 7.05. The molecule has 0 aliphatic rings. The molecule has 108 valence electrons. The molecule has 20 heavy (non-hydrogen) atoms. The van der Waals surface area contributed by atoms with Crippen LogP contribution in [0.2, 0.25) is 0 Å². The first-order valence-corrected chi connectivity index (χ1v) is 7.05. The molecule has 0 radical (unpaired) electrons. The predicted molar refractivity (Wildman–Crippen MR) is 80.8 cm³/mol. The number of ether oxygens (including phenoxy) is 1. The molecule has 4 heteroatoms. The normalized spacial score (nSPS) is 12.4. The zero-order valence-electron chi connectivity index (χ0n) is 12.7. The maximum atomic E-state index is 5.44. The molecule has 0 fully saturated rings. The SMILES string of the molecule is CCOc1ccc(CNC(C)c2cnn(C)c2C)cc1. The van der Waals surface area contributed by atoms with Crippen LogP contribution in [0.1, 0.15) is 36.7 Å². The van der Waals surface area contributed by atoms with E-state index in [0.717, 1.165) is 12.3 Å². The number of aryl methyl sites for hydroxylation is 1. The second-order valence-electron chi connectivity index (χ2n) is 4.99. The highest BCUT2D eigenvalue weighted by molar-refractivity contribution is 5.27. The number of aromatic nitrogens is 2. The van der Waals surface area contributed by atoms with Gasteiger partial charge in [-0.3, -0.25) is 4.68 Å². The predicted octanol–water partition coefficient (Wildman–Crippen LogP) is 2.98. The lowest BCUT2D eigenvalue weighted by molar-refractivity contribution is 0.340. The zero-order chi connectivity index (χ0) is 14.5. The van der Waals surface area contributed by atoms with Crippen LogP contribution in [0.4, 0.5) is 0 Å². The van der Waals surface area contributed by atoms with E-state index in [2.05, 4.69) is 36.4 Å². The van der Waals surface area contributed by atoms with Gasteiger partial charge in [-0.15, -0.1) is 0 Å². The van der Waals surface area contributed by atoms with E-state index >= 15 is 0 Å². The summed E-state index contributed by atoms with van der Waals surface area (Å²) in [6, 6.07) is 8.51. The van der Waals surface area contributed by atoms with Gasteiger partial charge in [-0.05, 0) is 38.5 Å². The van der Waals surface area contributed by atoms with Crippen molar-refractivity contribution in [1.82, 2.24) is 15.1 Å². The second kappa shape index (κ2) is 6.57. The molecule has 1 unspecified atom stereocenters. The monoisotopic (exact) mass is 273 g/mol. The van der Waals surface area contributed by atoms with Crippen molar-refractivity contribution in [2.45, 2.75) is 33.4 Å². The van der Waals surface area contributed by atoms with Gasteiger partial charge in [0.15, 0.2) is 0 Å². The van der Waals surface area contributed by atoms with Crippen LogP contribution in [0.15, 0.2) is 30.5 Å². The molecule has 0 bridgehead atoms. The Kier molecular flexibility index (Phi) is 4.79. The molecule has 2 aromatic rings. The third kappa shape index (κ3) is 3.39. The molecule has 0 saturated carbocycles. The van der Waals surface area contributed by atoms with Crippen molar-refractivity contribution in [2.75, 3.05) is 6.61 Å². The van der Waals surface area contributed by atoms with Crippen molar-refractivity contribution in [2.24, 2.45) is 7.05 Å². The van der Waals surface area contributed by atoms with Crippen LogP contribution < -0.4 is 10.1 Å². The van der Waals surface area contributed by atoms with Gasteiger partial charge in [-0.25, -0.2) is 0 Å². The summed E-state index contributed by atoms with van der Waals surface area (Å²) in [5, 5.41) is 7.81. The Labute approximate surface area is 120 Å². The molecule has 1 heterocycles. The van der Waals surface area contributed by atoms with Gasteiger partial charge in [0, 0.05) is 30.9 Å². The molecular formula is C16H23N3O. The smallest absolute Gasteiger partial charge is 0.119 e. The maximum absolute atomic E-state index is 5.44. The molecular weight excluding hydrogens is 250 g/mol. The van der Waals surface area contributed by atoms with Crippen LogP contribution in [0, 0.1) is 6.92 Å². The second-order valence-corrected chi connectivity index (χ2v) is 4.99. The van der Waals surface area contributed by atoms with Crippen LogP contribution in [0.5, 0.6) is 5.75 Å². The molecule has 4 nitrogen and oxygen atoms in total. The summed E-state index contributed by atoms with van der Waals surface area (Å²) >= 11 is 0. The average Bonchev–Trinajstić information content (AvgIpc) is 2.78. The largest absolute Gasteiger partial charge is 0.494 e. The third-order valence-electron chi connectivity index (χ3n) is 3.59. The molecule has 0 saturated heterocycles. The Hall–Kier alpha value is -1.81. The minimum Gasteiger partial charge on any atom is -0.494 e. The molecule has 1 atom stereocenters. The fraction of sp³-hybridized carbons (Fsp3) is 0.438. The minimum absolute atomic E-state index is 0.287. The first kappa shape index (κ1) is 14.6. The molecule has 0 amide bonds. The quantitative estimate of drug-likeness (QED) is 0.879. The number of hydrogen-bond donors (Lipinski definition) is 1. The number of benzene rings is 1. The van der Waals surface area contributed by atoms with Gasteiger partial charge in [0.05, 0.1) is 12.8 Å². The summed E-state index contributed by atoms with van der Waals surface area (Å²) < 4.78 is 7.35. The Morgan fingerprint density at radius 2 is 2.00 bits per heavy atom. The fourth-order valence-corrected chi connectivity index (χ4v) is 2.19. The van der Waals surface area contributed by atoms with Gasteiger partial charge in [0.1, 0.15) is 5.75 Å². The molecule has 1 aromatic heterocycles. The van der Waals surface area contributed by atoms with Crippen molar-refractivity contribution < 1.29 is 4.74 Å². The van der Waals surface area contributed by atoms with Crippen LogP contribution in [-0.4, -0.2) is 16.4 Å². The van der Waals surface area contributed by atoms with Gasteiger partial charge in [0.25, 0.3) is 0 Å². The van der Waals surface area contributed by atoms with Gasteiger partial charge in [-0.2, -0.15) is 5.10 Å². The van der Waals surface area contributed by atoms with E-state index < -0.39 is 0 Å². The number of hydrogen-bond acceptors (Lipinski definition) is 3. The summed E-state index contributed by atoms with van der Waals surface area (Å²) in [7, 11) is 1.97. The van der Waals surface area contributed by atoms with Crippen molar-refractivity contribution in [3.8, 4) is 5.75 Å². The molecule has 0 aliphatic carbocycles. The van der Waals surface area contributed by atoms with Gasteiger partial charge in [0.2, 0.25) is 0 Å². The van der Waals surface area contributed by atoms with E-state index in [4.69, 9.17) is 4.74 Å². The molecule has 0 aliphatic heterocycles. The maximum Gasteiger partial charge on any atom is 0.119 e. The Morgan fingerprint density at radius 1 is 1.30 bits per heavy atom. The number of nitrogens with one attached hydrogen (secondary N) is 1. The van der Waals surface area contributed by atoms with Crippen molar-refractivity contribution in [3.05, 3.63) is 47.3 Å². The fourth-order valence-electron chi connectivity index (χ4n) is 2.19. The lowest BCUT2D eigenvalue weighted by atomic mass is 10.1. The van der Waals surface area contributed by atoms with Crippen molar-refractivity contribution >= 4 is 0 Å². The minimum atomic E-state index is 0.287. The van der Waals surface area contributed by atoms with Crippen LogP contribution >= 0.6 is 0 Å². The van der Waals surface area contributed by atoms with E-state index in [-0.39, 0.29) is 6.04 Å². The topological polar surface area (TPSA) is 39.1 Å². The van der Waals surface area contributed by atoms with Crippen molar-refractivity contribution in [3.63, 3.8) is 0 Å². The summed E-state index contributed by atoms with van der Waals surface area (Å²) in [4.78, 5) is 0. The van der Waals surface area contributed by atoms with E-state index in [9.17, 15) is 0 Å². The Balaban J connectivity index is 1.93. The van der Waals surface area contributed by atoms with E-state index in [0.29, 0.717) is 6.61 Å². The van der Waals surface area contributed by atoms with Gasteiger partial charge < -0.3 is 10.1 Å². The van der Waals surface area contributed by atoms with Gasteiger partial charge >= 0.3 is 0 Å². The van der Waals surface area contributed by atoms with E-state index in [1.165, 1.54) is 16.8 Å². The summed E-state index contributed by atoms with van der Waals surface area (Å²) in [6.07, 6.45) is 1.94. The van der Waals surface area contributed by atoms with Gasteiger partial charge in [-0.1, -0.05) is 12.1 Å². The summed E-state index contributed by atoms with van der Waals surface area (Å²) in [6.45, 7) is 7.79. The zero-order valence-corrected chi connectivity index (χ0v) is 12.7. The summed E-state index contributed by atoms with van der Waals surface area (Å²) in [5.41, 5.74) is 3.71.